The molecule has 0 N–H and O–H groups in total. The minimum absolute atomic E-state index is 0.0173. The van der Waals surface area contributed by atoms with Gasteiger partial charge in [-0.15, -0.1) is 0 Å². The van der Waals surface area contributed by atoms with Crippen LogP contribution in [0.15, 0.2) is 24.4 Å². The number of nitrogens with zero attached hydrogens (tertiary/aromatic N) is 2. The van der Waals surface area contributed by atoms with Crippen molar-refractivity contribution in [3.8, 4) is 6.07 Å². The molecule has 0 amide bonds. The Morgan fingerprint density at radius 3 is 3.07 bits per heavy atom. The maximum Gasteiger partial charge on any atom is 0.0677 e. The zero-order valence-electron chi connectivity index (χ0n) is 8.31. The molecule has 3 heteroatoms. The van der Waals surface area contributed by atoms with Crippen LogP contribution in [0.2, 0.25) is 0 Å². The molecule has 0 bridgehead atoms. The lowest BCUT2D eigenvalue weighted by atomic mass is 10.3. The number of nitriles is 1. The average Bonchev–Trinajstić information content (AvgIpc) is 2.20. The number of hydrogen-bond acceptors (Lipinski definition) is 3. The van der Waals surface area contributed by atoms with Gasteiger partial charge in [-0.2, -0.15) is 5.26 Å². The van der Waals surface area contributed by atoms with Gasteiger partial charge in [-0.3, -0.25) is 4.98 Å². The van der Waals surface area contributed by atoms with Crippen LogP contribution in [0.25, 0.3) is 0 Å². The summed E-state index contributed by atoms with van der Waals surface area (Å²) >= 11 is 0. The average molecular weight is 190 g/mol. The van der Waals surface area contributed by atoms with Crippen molar-refractivity contribution in [2.24, 2.45) is 0 Å². The molecule has 1 rings (SSSR count). The zero-order chi connectivity index (χ0) is 10.2. The molecule has 0 radical (unpaired) electrons. The molecule has 1 aromatic rings. The van der Waals surface area contributed by atoms with Crippen LogP contribution in [0.1, 0.15) is 19.0 Å². The van der Waals surface area contributed by atoms with E-state index in [-0.39, 0.29) is 6.10 Å². The summed E-state index contributed by atoms with van der Waals surface area (Å²) in [5.41, 5.74) is 1.02. The summed E-state index contributed by atoms with van der Waals surface area (Å²) in [7, 11) is 0. The molecule has 0 saturated carbocycles. The van der Waals surface area contributed by atoms with Crippen LogP contribution < -0.4 is 0 Å². The smallest absolute Gasteiger partial charge is 0.0677 e. The van der Waals surface area contributed by atoms with Crippen molar-refractivity contribution < 1.29 is 4.74 Å². The molecular weight excluding hydrogens is 176 g/mol. The molecule has 0 aromatic carbocycles. The van der Waals surface area contributed by atoms with Gasteiger partial charge in [0.05, 0.1) is 25.2 Å². The number of pyridine rings is 1. The SMILES string of the molecule is CC(CC#N)OCCc1ccccn1. The summed E-state index contributed by atoms with van der Waals surface area (Å²) in [6.07, 6.45) is 3.04. The van der Waals surface area contributed by atoms with E-state index in [0.29, 0.717) is 13.0 Å². The van der Waals surface area contributed by atoms with Gasteiger partial charge < -0.3 is 4.74 Å². The van der Waals surface area contributed by atoms with Crippen LogP contribution in [-0.4, -0.2) is 17.7 Å². The lowest BCUT2D eigenvalue weighted by molar-refractivity contribution is 0.0712. The van der Waals surface area contributed by atoms with Gasteiger partial charge in [0.15, 0.2) is 0 Å². The van der Waals surface area contributed by atoms with Crippen LogP contribution >= 0.6 is 0 Å². The lowest BCUT2D eigenvalue weighted by Gasteiger charge is -2.08. The summed E-state index contributed by atoms with van der Waals surface area (Å²) in [5.74, 6) is 0. The predicted octanol–water partition coefficient (Wildman–Crippen LogP) is 1.94. The Hall–Kier alpha value is -1.40. The topological polar surface area (TPSA) is 45.9 Å². The van der Waals surface area contributed by atoms with Crippen molar-refractivity contribution >= 4 is 0 Å². The van der Waals surface area contributed by atoms with Crippen molar-refractivity contribution in [3.05, 3.63) is 30.1 Å². The van der Waals surface area contributed by atoms with Crippen LogP contribution in [0.4, 0.5) is 0 Å². The van der Waals surface area contributed by atoms with E-state index in [9.17, 15) is 0 Å². The number of ether oxygens (including phenoxy) is 1. The van der Waals surface area contributed by atoms with Crippen molar-refractivity contribution in [2.45, 2.75) is 25.9 Å². The highest BCUT2D eigenvalue weighted by Crippen LogP contribution is 1.99. The number of aromatic nitrogens is 1. The first-order valence-electron chi connectivity index (χ1n) is 4.71. The summed E-state index contributed by atoms with van der Waals surface area (Å²) < 4.78 is 5.42. The standard InChI is InChI=1S/C11H14N2O/c1-10(5-7-12)14-9-6-11-4-2-3-8-13-11/h2-4,8,10H,5-6,9H2,1H3. The van der Waals surface area contributed by atoms with Crippen molar-refractivity contribution in [1.82, 2.24) is 4.98 Å². The van der Waals surface area contributed by atoms with Gasteiger partial charge in [-0.25, -0.2) is 0 Å². The summed E-state index contributed by atoms with van der Waals surface area (Å²) in [5, 5.41) is 8.41. The Labute approximate surface area is 84.3 Å². The Morgan fingerprint density at radius 2 is 2.43 bits per heavy atom. The Balaban J connectivity index is 2.19. The Bertz CT molecular complexity index is 292. The lowest BCUT2D eigenvalue weighted by Crippen LogP contribution is -2.10. The van der Waals surface area contributed by atoms with Crippen LogP contribution in [0, 0.1) is 11.3 Å². The van der Waals surface area contributed by atoms with Gasteiger partial charge in [0, 0.05) is 18.3 Å². The van der Waals surface area contributed by atoms with E-state index in [1.807, 2.05) is 25.1 Å². The van der Waals surface area contributed by atoms with Crippen LogP contribution in [-0.2, 0) is 11.2 Å². The largest absolute Gasteiger partial charge is 0.377 e. The second-order valence-electron chi connectivity index (χ2n) is 3.11. The van der Waals surface area contributed by atoms with E-state index in [0.717, 1.165) is 12.1 Å². The first-order valence-corrected chi connectivity index (χ1v) is 4.71. The van der Waals surface area contributed by atoms with Gasteiger partial charge in [-0.05, 0) is 19.1 Å². The Morgan fingerprint density at radius 1 is 1.57 bits per heavy atom. The second kappa shape index (κ2) is 6.11. The fraction of sp³-hybridized carbons (Fsp3) is 0.455. The second-order valence-corrected chi connectivity index (χ2v) is 3.11. The van der Waals surface area contributed by atoms with E-state index >= 15 is 0 Å². The van der Waals surface area contributed by atoms with Gasteiger partial charge >= 0.3 is 0 Å². The van der Waals surface area contributed by atoms with Crippen molar-refractivity contribution in [3.63, 3.8) is 0 Å². The molecule has 1 atom stereocenters. The molecule has 14 heavy (non-hydrogen) atoms. The van der Waals surface area contributed by atoms with Gasteiger partial charge in [0.25, 0.3) is 0 Å². The maximum absolute atomic E-state index is 8.41. The molecule has 0 saturated heterocycles. The van der Waals surface area contributed by atoms with E-state index < -0.39 is 0 Å². The third kappa shape index (κ3) is 4.01. The fourth-order valence-electron chi connectivity index (χ4n) is 1.10. The van der Waals surface area contributed by atoms with Crippen molar-refractivity contribution in [2.75, 3.05) is 6.61 Å². The maximum atomic E-state index is 8.41. The molecule has 0 fully saturated rings. The highest BCUT2D eigenvalue weighted by Gasteiger charge is 2.00. The predicted molar refractivity (Wildman–Crippen MR) is 53.6 cm³/mol. The highest BCUT2D eigenvalue weighted by molar-refractivity contribution is 5.03. The van der Waals surface area contributed by atoms with Gasteiger partial charge in [0.1, 0.15) is 0 Å². The number of rotatable bonds is 5. The first kappa shape index (κ1) is 10.7. The number of hydrogen-bond donors (Lipinski definition) is 0. The molecule has 1 aromatic heterocycles. The fourth-order valence-corrected chi connectivity index (χ4v) is 1.10. The van der Waals surface area contributed by atoms with E-state index in [2.05, 4.69) is 11.1 Å². The van der Waals surface area contributed by atoms with Crippen LogP contribution in [0.3, 0.4) is 0 Å². The molecule has 3 nitrogen and oxygen atoms in total. The molecule has 0 aliphatic heterocycles. The van der Waals surface area contributed by atoms with E-state index in [1.54, 1.807) is 6.20 Å². The highest BCUT2D eigenvalue weighted by atomic mass is 16.5. The van der Waals surface area contributed by atoms with E-state index in [4.69, 9.17) is 10.00 Å². The Kier molecular flexibility index (Phi) is 4.66. The van der Waals surface area contributed by atoms with Gasteiger partial charge in [-0.1, -0.05) is 6.07 Å². The summed E-state index contributed by atoms with van der Waals surface area (Å²) in [4.78, 5) is 4.18. The van der Waals surface area contributed by atoms with Gasteiger partial charge in [0.2, 0.25) is 0 Å². The molecule has 0 spiro atoms. The minimum Gasteiger partial charge on any atom is -0.377 e. The minimum atomic E-state index is 0.0173. The summed E-state index contributed by atoms with van der Waals surface area (Å²) in [6, 6.07) is 7.90. The van der Waals surface area contributed by atoms with E-state index in [1.165, 1.54) is 0 Å². The molecular formula is C11H14N2O. The zero-order valence-corrected chi connectivity index (χ0v) is 8.31. The summed E-state index contributed by atoms with van der Waals surface area (Å²) in [6.45, 7) is 2.53. The third-order valence-corrected chi connectivity index (χ3v) is 1.87. The van der Waals surface area contributed by atoms with Crippen molar-refractivity contribution in [1.29, 1.82) is 5.26 Å². The monoisotopic (exact) mass is 190 g/mol. The van der Waals surface area contributed by atoms with Crippen LogP contribution in [0.5, 0.6) is 0 Å². The normalized spacial score (nSPS) is 12.0. The molecule has 0 aliphatic carbocycles. The first-order chi connectivity index (χ1) is 6.83. The third-order valence-electron chi connectivity index (χ3n) is 1.87. The molecule has 0 aliphatic rings. The molecule has 1 heterocycles. The quantitative estimate of drug-likeness (QED) is 0.712. The molecule has 74 valence electrons. The molecule has 1 unspecified atom stereocenters.